The first-order valence-corrected chi connectivity index (χ1v) is 20.7. The van der Waals surface area contributed by atoms with Gasteiger partial charge in [0.05, 0.1) is 18.6 Å². The highest BCUT2D eigenvalue weighted by Gasteiger charge is 2.71. The smallest absolute Gasteiger partial charge is 0.305 e. The van der Waals surface area contributed by atoms with Gasteiger partial charge in [-0.2, -0.15) is 0 Å². The minimum absolute atomic E-state index is 0.0382. The molecule has 11 atom stereocenters. The second kappa shape index (κ2) is 14.7. The predicted molar refractivity (Wildman–Crippen MR) is 210 cm³/mol. The molecule has 1 aromatic carbocycles. The van der Waals surface area contributed by atoms with Crippen molar-refractivity contribution in [1.82, 2.24) is 10.6 Å². The van der Waals surface area contributed by atoms with E-state index in [-0.39, 0.29) is 52.4 Å². The maximum Gasteiger partial charge on any atom is 0.305 e. The molecule has 5 fully saturated rings. The van der Waals surface area contributed by atoms with Gasteiger partial charge in [-0.3, -0.25) is 19.2 Å². The van der Waals surface area contributed by atoms with Gasteiger partial charge in [-0.25, -0.2) is 0 Å². The molecule has 1 aromatic rings. The summed E-state index contributed by atoms with van der Waals surface area (Å²) in [7, 11) is 1.27. The first-order chi connectivity index (χ1) is 25.4. The Morgan fingerprint density at radius 1 is 0.944 bits per heavy atom. The van der Waals surface area contributed by atoms with E-state index in [2.05, 4.69) is 63.5 Å². The fourth-order valence-corrected chi connectivity index (χ4v) is 13.8. The molecule has 0 saturated heterocycles. The lowest BCUT2D eigenvalue weighted by molar-refractivity contribution is -0.246. The van der Waals surface area contributed by atoms with Crippen molar-refractivity contribution in [2.75, 3.05) is 13.7 Å². The topological polar surface area (TPSA) is 148 Å². The van der Waals surface area contributed by atoms with Gasteiger partial charge in [0.25, 0.3) is 5.91 Å². The van der Waals surface area contributed by atoms with Crippen LogP contribution in [0.2, 0.25) is 0 Å². The highest BCUT2D eigenvalue weighted by Crippen LogP contribution is 2.77. The highest BCUT2D eigenvalue weighted by atomic mass is 16.5. The molecular formula is C45H67N3O6. The predicted octanol–water partition coefficient (Wildman–Crippen LogP) is 6.90. The number of hydrogen-bond donors (Lipinski definition) is 4. The molecule has 5 N–H and O–H groups in total. The molecule has 5 saturated carbocycles. The number of aliphatic hydroxyl groups excluding tert-OH is 1. The number of nitrogens with one attached hydrogen (secondary N) is 2. The Bertz CT molecular complexity index is 1660. The Morgan fingerprint density at radius 3 is 2.37 bits per heavy atom. The zero-order valence-corrected chi connectivity index (χ0v) is 34.0. The first kappa shape index (κ1) is 40.5. The summed E-state index contributed by atoms with van der Waals surface area (Å²) in [6.07, 6.45) is 10.9. The van der Waals surface area contributed by atoms with E-state index < -0.39 is 29.2 Å². The number of fused-ring (bicyclic) bond motifs is 7. The Hall–Kier alpha value is -3.20. The van der Waals surface area contributed by atoms with Crippen molar-refractivity contribution < 1.29 is 29.0 Å². The number of benzene rings is 1. The minimum atomic E-state index is -0.997. The highest BCUT2D eigenvalue weighted by molar-refractivity contribution is 5.97. The second-order valence-electron chi connectivity index (χ2n) is 19.5. The molecule has 3 amide bonds. The maximum absolute atomic E-state index is 14.6. The van der Waals surface area contributed by atoms with Gasteiger partial charge in [0, 0.05) is 18.5 Å². The van der Waals surface area contributed by atoms with Crippen LogP contribution in [-0.2, 0) is 25.5 Å². The van der Waals surface area contributed by atoms with Crippen LogP contribution in [0.1, 0.15) is 135 Å². The van der Waals surface area contributed by atoms with Crippen molar-refractivity contribution in [3.05, 3.63) is 47.5 Å². The number of hydrogen-bond acceptors (Lipinski definition) is 6. The molecule has 9 nitrogen and oxygen atoms in total. The number of nitrogens with two attached hydrogens (primary N) is 1. The molecule has 0 bridgehead atoms. The molecule has 0 spiro atoms. The van der Waals surface area contributed by atoms with Crippen LogP contribution in [0.3, 0.4) is 0 Å². The number of methoxy groups -OCH3 is 1. The molecule has 0 heterocycles. The fraction of sp³-hybridized carbons (Fsp3) is 0.733. The van der Waals surface area contributed by atoms with Crippen molar-refractivity contribution in [3.8, 4) is 0 Å². The van der Waals surface area contributed by atoms with Crippen LogP contribution >= 0.6 is 0 Å². The Kier molecular flexibility index (Phi) is 11.0. The zero-order valence-electron chi connectivity index (χ0n) is 34.0. The standard InChI is InChI=1S/C45H67N3O6/c1-27(2)30-16-22-45(40(53)47-25-19-28-10-9-11-29(26-28)39(52)48-32(38(46)51)13-15-36(50)54-8)24-23-43(6)31(37(30)45)12-14-34-42(5)20-18-35(49)41(3,4)33(42)17-21-44(34,43)7/h9-11,26,30-35,37,49H,1,12-25H2,2-8H3,(H2,46,51)(H,47,53)(H,48,52)/t30-,31?,32-,33?,34?,35-,37?,42-,43+,44+,45-/m0/s1. The normalized spacial score (nSPS) is 38.4. The summed E-state index contributed by atoms with van der Waals surface area (Å²) in [5.41, 5.74) is 8.04. The van der Waals surface area contributed by atoms with E-state index in [9.17, 15) is 24.3 Å². The average molecular weight is 746 g/mol. The van der Waals surface area contributed by atoms with Crippen molar-refractivity contribution in [1.29, 1.82) is 0 Å². The molecule has 54 heavy (non-hydrogen) atoms. The summed E-state index contributed by atoms with van der Waals surface area (Å²) in [4.78, 5) is 51.3. The van der Waals surface area contributed by atoms with E-state index in [0.717, 1.165) is 50.5 Å². The molecule has 5 aliphatic carbocycles. The number of carbonyl (C=O) groups excluding carboxylic acids is 4. The van der Waals surface area contributed by atoms with E-state index in [4.69, 9.17) is 5.73 Å². The second-order valence-corrected chi connectivity index (χ2v) is 19.5. The summed E-state index contributed by atoms with van der Waals surface area (Å²) in [5, 5.41) is 17.1. The molecular weight excluding hydrogens is 679 g/mol. The van der Waals surface area contributed by atoms with E-state index in [1.807, 2.05) is 6.07 Å². The molecule has 298 valence electrons. The van der Waals surface area contributed by atoms with Crippen LogP contribution in [0, 0.1) is 56.7 Å². The van der Waals surface area contributed by atoms with Crippen LogP contribution < -0.4 is 16.4 Å². The number of primary amides is 1. The molecule has 0 radical (unpaired) electrons. The number of amides is 3. The molecule has 0 aromatic heterocycles. The van der Waals surface area contributed by atoms with E-state index >= 15 is 0 Å². The van der Waals surface area contributed by atoms with Crippen LogP contribution in [0.4, 0.5) is 0 Å². The fourth-order valence-electron chi connectivity index (χ4n) is 13.8. The van der Waals surface area contributed by atoms with Crippen molar-refractivity contribution >= 4 is 23.7 Å². The third-order valence-electron chi connectivity index (χ3n) is 16.9. The summed E-state index contributed by atoms with van der Waals surface area (Å²) < 4.78 is 4.65. The van der Waals surface area contributed by atoms with Gasteiger partial charge < -0.3 is 26.2 Å². The lowest BCUT2D eigenvalue weighted by Crippen LogP contribution is -2.67. The van der Waals surface area contributed by atoms with Crippen LogP contribution in [-0.4, -0.2) is 54.6 Å². The number of aliphatic hydroxyl groups is 1. The van der Waals surface area contributed by atoms with Gasteiger partial charge in [-0.05, 0) is 153 Å². The van der Waals surface area contributed by atoms with Crippen molar-refractivity contribution in [3.63, 3.8) is 0 Å². The van der Waals surface area contributed by atoms with E-state index in [1.54, 1.807) is 18.2 Å². The monoisotopic (exact) mass is 746 g/mol. The zero-order chi connectivity index (χ0) is 39.4. The van der Waals surface area contributed by atoms with Crippen molar-refractivity contribution in [2.45, 2.75) is 137 Å². The third-order valence-corrected chi connectivity index (χ3v) is 16.9. The molecule has 5 aliphatic rings. The lowest BCUT2D eigenvalue weighted by atomic mass is 9.32. The third kappa shape index (κ3) is 6.52. The summed E-state index contributed by atoms with van der Waals surface area (Å²) in [5.74, 6) is 0.723. The summed E-state index contributed by atoms with van der Waals surface area (Å²) in [6, 6.07) is 6.19. The molecule has 9 heteroatoms. The summed E-state index contributed by atoms with van der Waals surface area (Å²) in [6.45, 7) is 19.5. The molecule has 4 unspecified atom stereocenters. The van der Waals surface area contributed by atoms with Gasteiger partial charge >= 0.3 is 5.97 Å². The maximum atomic E-state index is 14.6. The Labute approximate surface area is 323 Å². The van der Waals surface area contributed by atoms with E-state index in [1.165, 1.54) is 31.9 Å². The number of allylic oxidation sites excluding steroid dienone is 1. The van der Waals surface area contributed by atoms with Gasteiger partial charge in [-0.15, -0.1) is 0 Å². The number of carbonyl (C=O) groups is 4. The van der Waals surface area contributed by atoms with Gasteiger partial charge in [-0.1, -0.05) is 58.9 Å². The SMILES string of the molecule is C=C(C)[C@@H]1CC[C@]2(C(=O)NCCc3cccc(C(=O)N[C@@H](CCC(=O)OC)C(N)=O)c3)CC[C@]3(C)C(CCC4[C@@]5(C)CC[C@H](O)C(C)(C)C5CC[C@]43C)C12. The lowest BCUT2D eigenvalue weighted by Gasteiger charge is -2.72. The number of ether oxygens (including phenoxy) is 1. The number of rotatable bonds is 11. The van der Waals surface area contributed by atoms with Gasteiger partial charge in [0.15, 0.2) is 0 Å². The van der Waals surface area contributed by atoms with Crippen molar-refractivity contribution in [2.24, 2.45) is 62.4 Å². The molecule has 6 rings (SSSR count). The number of esters is 1. The van der Waals surface area contributed by atoms with Gasteiger partial charge in [0.1, 0.15) is 6.04 Å². The average Bonchev–Trinajstić information content (AvgIpc) is 3.53. The quantitative estimate of drug-likeness (QED) is 0.143. The minimum Gasteiger partial charge on any atom is -0.469 e. The first-order valence-electron chi connectivity index (χ1n) is 20.7. The Morgan fingerprint density at radius 2 is 1.69 bits per heavy atom. The van der Waals surface area contributed by atoms with Crippen LogP contribution in [0.25, 0.3) is 0 Å². The Balaban J connectivity index is 1.16. The largest absolute Gasteiger partial charge is 0.469 e. The van der Waals surface area contributed by atoms with Crippen LogP contribution in [0.15, 0.2) is 36.4 Å². The van der Waals surface area contributed by atoms with Crippen LogP contribution in [0.5, 0.6) is 0 Å². The van der Waals surface area contributed by atoms with E-state index in [0.29, 0.717) is 42.2 Å². The summed E-state index contributed by atoms with van der Waals surface area (Å²) >= 11 is 0. The van der Waals surface area contributed by atoms with Gasteiger partial charge in [0.2, 0.25) is 11.8 Å². The molecule has 0 aliphatic heterocycles.